The number of benzene rings is 2. The fourth-order valence-electron chi connectivity index (χ4n) is 2.87. The number of esters is 1. The number of hydrogen-bond donors (Lipinski definition) is 1. The molecule has 124 valence electrons. The van der Waals surface area contributed by atoms with E-state index in [-0.39, 0.29) is 12.6 Å². The van der Waals surface area contributed by atoms with Gasteiger partial charge in [0, 0.05) is 5.69 Å². The van der Waals surface area contributed by atoms with Crippen LogP contribution in [0.4, 0.5) is 5.69 Å². The summed E-state index contributed by atoms with van der Waals surface area (Å²) in [7, 11) is 0. The predicted octanol–water partition coefficient (Wildman–Crippen LogP) is 4.11. The number of nitrogens with zero attached hydrogens (tertiary/aromatic N) is 1. The highest BCUT2D eigenvalue weighted by Crippen LogP contribution is 2.36. The fourth-order valence-corrected chi connectivity index (χ4v) is 2.87. The Morgan fingerprint density at radius 3 is 2.21 bits per heavy atom. The monoisotopic (exact) mass is 322 g/mol. The van der Waals surface area contributed by atoms with Gasteiger partial charge in [-0.2, -0.15) is 5.26 Å². The Bertz CT molecular complexity index is 695. The molecule has 0 heterocycles. The van der Waals surface area contributed by atoms with Crippen LogP contribution in [0.3, 0.4) is 0 Å². The summed E-state index contributed by atoms with van der Waals surface area (Å²) in [5, 5.41) is 13.4. The van der Waals surface area contributed by atoms with Crippen molar-refractivity contribution in [2.75, 3.05) is 11.9 Å². The van der Waals surface area contributed by atoms with Gasteiger partial charge in [-0.25, -0.2) is 0 Å². The topological polar surface area (TPSA) is 62.1 Å². The second-order valence-electron chi connectivity index (χ2n) is 5.49. The van der Waals surface area contributed by atoms with E-state index in [1.807, 2.05) is 67.6 Å². The standard InChI is InChI=1S/C20H22N2O2/c1-3-18(19(23)24-4-2)20(15-21,16-11-7-5-8-12-16)22-17-13-9-6-10-14-17/h5-14,18,22H,3-4H2,1-2H3. The minimum absolute atomic E-state index is 0.289. The van der Waals surface area contributed by atoms with Gasteiger partial charge in [0.1, 0.15) is 0 Å². The minimum atomic E-state index is -1.19. The molecule has 2 unspecified atom stereocenters. The molecular formula is C20H22N2O2. The highest BCUT2D eigenvalue weighted by Gasteiger charge is 2.45. The zero-order chi connectivity index (χ0) is 17.4. The molecule has 4 nitrogen and oxygen atoms in total. The van der Waals surface area contributed by atoms with Crippen molar-refractivity contribution < 1.29 is 9.53 Å². The maximum Gasteiger partial charge on any atom is 0.312 e. The van der Waals surface area contributed by atoms with E-state index in [9.17, 15) is 10.1 Å². The van der Waals surface area contributed by atoms with Gasteiger partial charge in [-0.05, 0) is 31.0 Å². The molecule has 0 fully saturated rings. The van der Waals surface area contributed by atoms with Crippen molar-refractivity contribution in [2.24, 2.45) is 5.92 Å². The number of rotatable bonds is 7. The molecule has 2 aromatic rings. The summed E-state index contributed by atoms with van der Waals surface area (Å²) in [5.74, 6) is -0.987. The molecule has 0 saturated heterocycles. The van der Waals surface area contributed by atoms with Crippen molar-refractivity contribution in [1.82, 2.24) is 0 Å². The van der Waals surface area contributed by atoms with Crippen LogP contribution >= 0.6 is 0 Å². The normalized spacial score (nSPS) is 14.0. The summed E-state index contributed by atoms with van der Waals surface area (Å²) >= 11 is 0. The first-order chi connectivity index (χ1) is 11.7. The fraction of sp³-hybridized carbons (Fsp3) is 0.300. The van der Waals surface area contributed by atoms with Crippen molar-refractivity contribution in [1.29, 1.82) is 5.26 Å². The number of para-hydroxylation sites is 1. The minimum Gasteiger partial charge on any atom is -0.466 e. The highest BCUT2D eigenvalue weighted by molar-refractivity contribution is 5.77. The van der Waals surface area contributed by atoms with Crippen LogP contribution in [0.15, 0.2) is 60.7 Å². The quantitative estimate of drug-likeness (QED) is 0.779. The van der Waals surface area contributed by atoms with Crippen LogP contribution in [-0.4, -0.2) is 12.6 Å². The Balaban J connectivity index is 2.54. The molecule has 24 heavy (non-hydrogen) atoms. The van der Waals surface area contributed by atoms with Crippen molar-refractivity contribution >= 4 is 11.7 Å². The smallest absolute Gasteiger partial charge is 0.312 e. The zero-order valence-corrected chi connectivity index (χ0v) is 14.0. The predicted molar refractivity (Wildman–Crippen MR) is 94.2 cm³/mol. The number of nitrogens with one attached hydrogen (secondary N) is 1. The van der Waals surface area contributed by atoms with E-state index in [1.165, 1.54) is 0 Å². The lowest BCUT2D eigenvalue weighted by Gasteiger charge is -2.35. The molecule has 4 heteroatoms. The zero-order valence-electron chi connectivity index (χ0n) is 14.0. The van der Waals surface area contributed by atoms with Gasteiger partial charge in [-0.3, -0.25) is 4.79 Å². The van der Waals surface area contributed by atoms with E-state index in [1.54, 1.807) is 6.92 Å². The second-order valence-corrected chi connectivity index (χ2v) is 5.49. The van der Waals surface area contributed by atoms with Gasteiger partial charge in [0.25, 0.3) is 0 Å². The summed E-state index contributed by atoms with van der Waals surface area (Å²) in [6.07, 6.45) is 0.487. The van der Waals surface area contributed by atoms with Crippen molar-refractivity contribution in [3.8, 4) is 6.07 Å². The summed E-state index contributed by atoms with van der Waals surface area (Å²) in [6, 6.07) is 21.2. The number of hydrogen-bond acceptors (Lipinski definition) is 4. The van der Waals surface area contributed by atoms with E-state index < -0.39 is 11.5 Å². The van der Waals surface area contributed by atoms with E-state index >= 15 is 0 Å². The van der Waals surface area contributed by atoms with E-state index in [0.717, 1.165) is 11.3 Å². The first kappa shape index (κ1) is 17.6. The lowest BCUT2D eigenvalue weighted by molar-refractivity contribution is -0.149. The SMILES string of the molecule is CCOC(=O)C(CC)C(C#N)(Nc1ccccc1)c1ccccc1. The van der Waals surface area contributed by atoms with Gasteiger partial charge in [-0.15, -0.1) is 0 Å². The van der Waals surface area contributed by atoms with Crippen molar-refractivity contribution in [2.45, 2.75) is 25.8 Å². The average Bonchev–Trinajstić information content (AvgIpc) is 2.63. The molecule has 2 aromatic carbocycles. The molecule has 1 N–H and O–H groups in total. The van der Waals surface area contributed by atoms with Crippen LogP contribution in [0, 0.1) is 17.2 Å². The summed E-state index contributed by atoms with van der Waals surface area (Å²) in [5.41, 5.74) is 0.339. The molecule has 0 aliphatic rings. The maximum absolute atomic E-state index is 12.5. The average molecular weight is 322 g/mol. The lowest BCUT2D eigenvalue weighted by atomic mass is 9.77. The molecule has 0 aliphatic carbocycles. The molecule has 2 atom stereocenters. The number of carbonyl (C=O) groups excluding carboxylic acids is 1. The molecule has 0 spiro atoms. The largest absolute Gasteiger partial charge is 0.466 e. The van der Waals surface area contributed by atoms with Crippen LogP contribution in [0.25, 0.3) is 0 Å². The van der Waals surface area contributed by atoms with E-state index in [2.05, 4.69) is 11.4 Å². The summed E-state index contributed by atoms with van der Waals surface area (Å²) in [6.45, 7) is 3.95. The third kappa shape index (κ3) is 3.57. The van der Waals surface area contributed by atoms with Crippen molar-refractivity contribution in [3.05, 3.63) is 66.2 Å². The molecule has 0 bridgehead atoms. The Labute approximate surface area is 143 Å². The maximum atomic E-state index is 12.5. The molecule has 0 radical (unpaired) electrons. The van der Waals surface area contributed by atoms with Gasteiger partial charge >= 0.3 is 5.97 Å². The highest BCUT2D eigenvalue weighted by atomic mass is 16.5. The van der Waals surface area contributed by atoms with Gasteiger partial charge in [-0.1, -0.05) is 55.5 Å². The third-order valence-corrected chi connectivity index (χ3v) is 4.02. The van der Waals surface area contributed by atoms with E-state index in [0.29, 0.717) is 6.42 Å². The van der Waals surface area contributed by atoms with Crippen LogP contribution in [-0.2, 0) is 15.1 Å². The van der Waals surface area contributed by atoms with Crippen molar-refractivity contribution in [3.63, 3.8) is 0 Å². The van der Waals surface area contributed by atoms with E-state index in [4.69, 9.17) is 4.74 Å². The first-order valence-electron chi connectivity index (χ1n) is 8.14. The van der Waals surface area contributed by atoms with Crippen LogP contribution in [0.2, 0.25) is 0 Å². The molecule has 2 rings (SSSR count). The molecule has 0 aliphatic heterocycles. The Hall–Kier alpha value is -2.80. The van der Waals surface area contributed by atoms with Crippen LogP contribution in [0.1, 0.15) is 25.8 Å². The third-order valence-electron chi connectivity index (χ3n) is 4.02. The second kappa shape index (κ2) is 8.16. The Morgan fingerprint density at radius 1 is 1.12 bits per heavy atom. The summed E-state index contributed by atoms with van der Waals surface area (Å²) in [4.78, 5) is 12.5. The van der Waals surface area contributed by atoms with Gasteiger partial charge < -0.3 is 10.1 Å². The Morgan fingerprint density at radius 2 is 1.71 bits per heavy atom. The lowest BCUT2D eigenvalue weighted by Crippen LogP contribution is -2.45. The number of ether oxygens (including phenoxy) is 1. The number of carbonyl (C=O) groups is 1. The first-order valence-corrected chi connectivity index (χ1v) is 8.14. The molecule has 0 aromatic heterocycles. The van der Waals surface area contributed by atoms with Crippen LogP contribution in [0.5, 0.6) is 0 Å². The van der Waals surface area contributed by atoms with Crippen LogP contribution < -0.4 is 5.32 Å². The number of anilines is 1. The molecule has 0 saturated carbocycles. The summed E-state index contributed by atoms with van der Waals surface area (Å²) < 4.78 is 5.23. The van der Waals surface area contributed by atoms with Gasteiger partial charge in [0.15, 0.2) is 5.54 Å². The van der Waals surface area contributed by atoms with Gasteiger partial charge in [0.2, 0.25) is 0 Å². The van der Waals surface area contributed by atoms with Gasteiger partial charge in [0.05, 0.1) is 18.6 Å². The Kier molecular flexibility index (Phi) is 5.97. The molecule has 0 amide bonds. The number of nitriles is 1. The molecular weight excluding hydrogens is 300 g/mol.